The highest BCUT2D eigenvalue weighted by Crippen LogP contribution is 2.49. The third-order valence-corrected chi connectivity index (χ3v) is 19.0. The molecule has 1 unspecified atom stereocenters. The Kier molecular flexibility index (Phi) is 14.9. The average molecular weight is 1230 g/mol. The van der Waals surface area contributed by atoms with Crippen LogP contribution in [0.1, 0.15) is 164 Å². The molecule has 25 heteroatoms. The number of halogens is 1. The summed E-state index contributed by atoms with van der Waals surface area (Å²) in [6, 6.07) is 18.0. The van der Waals surface area contributed by atoms with Crippen LogP contribution in [0.5, 0.6) is 11.8 Å². The summed E-state index contributed by atoms with van der Waals surface area (Å²) >= 11 is 6.29. The predicted octanol–water partition coefficient (Wildman–Crippen LogP) is 9.52. The molecule has 3 aliphatic heterocycles. The van der Waals surface area contributed by atoms with Crippen molar-refractivity contribution in [3.63, 3.8) is 0 Å². The number of ether oxygens (including phenoxy) is 2. The van der Waals surface area contributed by atoms with Gasteiger partial charge in [0.2, 0.25) is 11.8 Å². The second-order valence-corrected chi connectivity index (χ2v) is 27.4. The number of sulfonamides is 2. The maximum absolute atomic E-state index is 13.7. The van der Waals surface area contributed by atoms with Gasteiger partial charge in [-0.1, -0.05) is 37.6 Å². The summed E-state index contributed by atoms with van der Waals surface area (Å²) in [6.45, 7) is 0.992. The molecule has 11 rings (SSSR count). The van der Waals surface area contributed by atoms with Crippen LogP contribution in [0.2, 0.25) is 5.15 Å². The molecule has 2 saturated heterocycles. The monoisotopic (exact) mass is 1230 g/mol. The molecule has 0 spiro atoms. The number of amides is 2. The van der Waals surface area contributed by atoms with Gasteiger partial charge in [-0.05, 0) is 195 Å². The summed E-state index contributed by atoms with van der Waals surface area (Å²) in [7, 11) is -8.75. The summed E-state index contributed by atoms with van der Waals surface area (Å²) < 4.78 is 143. The summed E-state index contributed by atoms with van der Waals surface area (Å²) in [5.41, 5.74) is -2.63. The summed E-state index contributed by atoms with van der Waals surface area (Å²) in [5, 5.41) is 16.8. The maximum atomic E-state index is 13.7. The molecule has 2 saturated carbocycles. The number of anilines is 3. The fourth-order valence-electron chi connectivity index (χ4n) is 10.8. The van der Waals surface area contributed by atoms with E-state index >= 15 is 0 Å². The van der Waals surface area contributed by atoms with Gasteiger partial charge in [-0.15, -0.1) is 10.2 Å². The zero-order valence-electron chi connectivity index (χ0n) is 56.9. The van der Waals surface area contributed by atoms with E-state index in [2.05, 4.69) is 59.7 Å². The Bertz CT molecular complexity index is 3950. The molecule has 0 radical (unpaired) electrons. The number of fused-ring (bicyclic) bond motifs is 6. The number of aromatic nitrogens is 8. The number of nitrogens with zero attached hydrogens (tertiary/aromatic N) is 9. The molecule has 9 heterocycles. The molecular formula is C60H79ClN14O8S2. The van der Waals surface area contributed by atoms with Gasteiger partial charge in [-0.3, -0.25) is 9.59 Å². The fourth-order valence-corrected chi connectivity index (χ4v) is 12.9. The highest BCUT2D eigenvalue weighted by atomic mass is 35.5. The maximum Gasteiger partial charge on any atom is 0.281 e. The minimum atomic E-state index is -4.39. The van der Waals surface area contributed by atoms with E-state index in [1.54, 1.807) is 60.6 Å². The first-order chi connectivity index (χ1) is 44.2. The van der Waals surface area contributed by atoms with Gasteiger partial charge < -0.3 is 30.3 Å². The number of hydrogen-bond acceptors (Lipinski definition) is 18. The molecule has 85 heavy (non-hydrogen) atoms. The number of hydrogen-bond donors (Lipinski definition) is 5. The van der Waals surface area contributed by atoms with Crippen LogP contribution in [0.4, 0.5) is 17.5 Å². The third kappa shape index (κ3) is 16.0. The van der Waals surface area contributed by atoms with Crippen molar-refractivity contribution in [3.05, 3.63) is 101 Å². The average Bonchev–Trinajstić information content (AvgIpc) is 1.54. The number of carbonyl (C=O) groups is 2. The first kappa shape index (κ1) is 50.3. The molecule has 5 N–H and O–H groups in total. The minimum Gasteiger partial charge on any atom is -0.477 e. The molecule has 2 amide bonds. The Morgan fingerprint density at radius 1 is 0.824 bits per heavy atom. The van der Waals surface area contributed by atoms with Crippen LogP contribution in [-0.2, 0) is 20.0 Å². The van der Waals surface area contributed by atoms with E-state index in [1.165, 1.54) is 71.4 Å². The fraction of sp³-hybridized carbons (Fsp3) is 0.533. The highest BCUT2D eigenvalue weighted by Gasteiger charge is 2.42. The van der Waals surface area contributed by atoms with Crippen molar-refractivity contribution in [2.45, 2.75) is 152 Å². The van der Waals surface area contributed by atoms with Gasteiger partial charge >= 0.3 is 0 Å². The molecular weight excluding hydrogens is 1140 g/mol. The number of rotatable bonds is 20. The largest absolute Gasteiger partial charge is 0.477 e. The smallest absolute Gasteiger partial charge is 0.281 e. The molecule has 6 aromatic rings. The second kappa shape index (κ2) is 25.2. The van der Waals surface area contributed by atoms with Crippen LogP contribution >= 0.6 is 11.6 Å². The Morgan fingerprint density at radius 3 is 2.16 bits per heavy atom. The molecule has 22 nitrogen and oxygen atoms in total. The lowest BCUT2D eigenvalue weighted by molar-refractivity contribution is 0.0972. The summed E-state index contributed by atoms with van der Waals surface area (Å²) in [4.78, 5) is 45.6. The van der Waals surface area contributed by atoms with E-state index in [0.717, 1.165) is 25.7 Å². The second-order valence-electron chi connectivity index (χ2n) is 23.8. The molecule has 4 bridgehead atoms. The van der Waals surface area contributed by atoms with Gasteiger partial charge in [-0.2, -0.15) is 16.8 Å². The van der Waals surface area contributed by atoms with E-state index in [0.29, 0.717) is 105 Å². The van der Waals surface area contributed by atoms with Crippen LogP contribution < -0.4 is 39.8 Å². The van der Waals surface area contributed by atoms with Crippen LogP contribution in [0.25, 0.3) is 11.6 Å². The van der Waals surface area contributed by atoms with Crippen molar-refractivity contribution >= 4 is 60.9 Å². The van der Waals surface area contributed by atoms with Gasteiger partial charge in [0.15, 0.2) is 21.7 Å². The van der Waals surface area contributed by atoms with Gasteiger partial charge in [0.05, 0.1) is 24.3 Å². The van der Waals surface area contributed by atoms with E-state index < -0.39 is 68.5 Å². The minimum absolute atomic E-state index is 0.00523. The molecule has 2 aliphatic carbocycles. The van der Waals surface area contributed by atoms with Crippen LogP contribution in [0, 0.1) is 22.7 Å². The van der Waals surface area contributed by atoms with Crippen LogP contribution in [-0.4, -0.2) is 119 Å². The van der Waals surface area contributed by atoms with Crippen LogP contribution in [0.15, 0.2) is 95.2 Å². The highest BCUT2D eigenvalue weighted by molar-refractivity contribution is 7.90. The Hall–Kier alpha value is -6.89. The van der Waals surface area contributed by atoms with E-state index in [-0.39, 0.29) is 57.7 Å². The van der Waals surface area contributed by atoms with Gasteiger partial charge in [0, 0.05) is 67.6 Å². The van der Waals surface area contributed by atoms with E-state index in [9.17, 15) is 26.4 Å². The Balaban J connectivity index is 0.000000206. The molecule has 3 atom stereocenters. The number of nitrogens with one attached hydrogen (secondary N) is 5. The van der Waals surface area contributed by atoms with Crippen molar-refractivity contribution < 1.29 is 48.2 Å². The molecule has 5 aliphatic rings. The van der Waals surface area contributed by atoms with Gasteiger partial charge in [-0.25, -0.2) is 38.7 Å². The molecule has 6 aromatic heterocycles. The summed E-state index contributed by atoms with van der Waals surface area (Å²) in [5.74, 6) is 0.0774. The lowest BCUT2D eigenvalue weighted by atomic mass is 9.93. The molecule has 456 valence electrons. The first-order valence-electron chi connectivity index (χ1n) is 33.3. The summed E-state index contributed by atoms with van der Waals surface area (Å²) in [6.07, 6.45) is 15.3. The lowest BCUT2D eigenvalue weighted by Gasteiger charge is -2.34. The quantitative estimate of drug-likeness (QED) is 0.0351. The lowest BCUT2D eigenvalue weighted by Crippen LogP contribution is -2.41. The third-order valence-electron chi connectivity index (χ3n) is 16.2. The standard InChI is InChI=1S/C30H40ClN7O4S.C30H39N7O4S/c1-29(2)19-21(20-33-29)7-5-16-32-23-8-4-9-26(34-23)43(40,41)37-28(39)22-10-11-24(35-27(22)31)38-17-12-25(36-38)42-18-6-13-30(3)14-15-30;1-29(2)19-21-7-5-16-31-23-8-4-9-26(32-23)42(39,40)35-28(38)22-10-11-24(33-27(22)36(29)20-21)37-17-12-25(34-37)41-18-6-13-30(3)14-15-30/h4,8-12,17,21,33H,5-7,13-16,18-20H2,1-3H3,(H,32,34)(H,37,39);4,8-12,17,21H,5-7,13-16,18-20H2,1-3H3,(H,31,32)(H,35,38)/t2*21-/m00/s1/i1D3,2D3;1D3/tm;21-,29?. The Labute approximate surface area is 516 Å². The van der Waals surface area contributed by atoms with E-state index in [1.807, 2.05) is 4.72 Å². The number of pyridine rings is 4. The van der Waals surface area contributed by atoms with Crippen molar-refractivity contribution in [2.75, 3.05) is 54.9 Å². The van der Waals surface area contributed by atoms with E-state index in [4.69, 9.17) is 38.4 Å². The van der Waals surface area contributed by atoms with Gasteiger partial charge in [0.25, 0.3) is 31.9 Å². The van der Waals surface area contributed by atoms with Crippen molar-refractivity contribution in [1.29, 1.82) is 0 Å². The van der Waals surface area contributed by atoms with Crippen LogP contribution in [0.3, 0.4) is 0 Å². The normalized spacial score (nSPS) is 23.6. The molecule has 4 fully saturated rings. The first-order valence-corrected chi connectivity index (χ1v) is 32.2. The predicted molar refractivity (Wildman–Crippen MR) is 325 cm³/mol. The SMILES string of the molecule is [2H]C([2H])([2H])C1(C([2H])([2H])[2H])C[C@H](CCCNc2cccc(S(=O)(=O)NC(=O)c3ccc(-n4ccc(OCCCC5(C)CC5)n4)nc3Cl)n2)CN1.[2H]C([2H])([2H])C1(C)C[C@@H]2CCCNc3cccc(n3)S(=O)(=O)NC(=O)c3ccc(-n4ccc(OCCCC5(C)CC5)n4)nc3N1C2. The topological polar surface area (TPSA) is 271 Å². The zero-order valence-corrected chi connectivity index (χ0v) is 50.3. The number of carbonyl (C=O) groups excluding carboxylic acids is 2. The molecule has 0 aromatic carbocycles. The van der Waals surface area contributed by atoms with Crippen molar-refractivity contribution in [1.82, 2.24) is 54.3 Å². The Morgan fingerprint density at radius 2 is 1.51 bits per heavy atom. The van der Waals surface area contributed by atoms with Gasteiger partial charge in [0.1, 0.15) is 22.6 Å². The zero-order chi connectivity index (χ0) is 67.7. The van der Waals surface area contributed by atoms with Crippen molar-refractivity contribution in [3.8, 4) is 23.4 Å². The van der Waals surface area contributed by atoms with Crippen molar-refractivity contribution in [2.24, 2.45) is 22.7 Å².